The van der Waals surface area contributed by atoms with Crippen molar-refractivity contribution in [1.82, 2.24) is 14.8 Å². The Balaban J connectivity index is 2.16. The highest BCUT2D eigenvalue weighted by atomic mass is 32.1. The van der Waals surface area contributed by atoms with Gasteiger partial charge >= 0.3 is 6.18 Å². The summed E-state index contributed by atoms with van der Waals surface area (Å²) in [5.41, 5.74) is 9.52. The molecular formula is C18H16F3N5O2S. The molecule has 0 saturated carbocycles. The first kappa shape index (κ1) is 20.5. The number of carbonyl (C=O) groups is 1. The lowest BCUT2D eigenvalue weighted by atomic mass is 9.90. The zero-order valence-corrected chi connectivity index (χ0v) is 16.1. The number of amides is 1. The number of nitrogens with zero attached hydrogens (tertiary/aromatic N) is 3. The molecule has 7 nitrogen and oxygen atoms in total. The molecule has 4 N–H and O–H groups in total. The topological polar surface area (TPSA) is 117 Å². The molecule has 0 bridgehead atoms. The Kier molecular flexibility index (Phi) is 5.18. The number of aryl methyl sites for hydroxylation is 1. The lowest BCUT2D eigenvalue weighted by molar-refractivity contribution is -0.137. The van der Waals surface area contributed by atoms with Crippen LogP contribution in [0.25, 0.3) is 5.00 Å². The number of anilines is 1. The van der Waals surface area contributed by atoms with Crippen LogP contribution in [0.2, 0.25) is 0 Å². The van der Waals surface area contributed by atoms with E-state index in [1.165, 1.54) is 23.6 Å². The molecule has 1 amide bonds. The monoisotopic (exact) mass is 423 g/mol. The molecule has 3 aromatic rings. The molecule has 2 aromatic heterocycles. The van der Waals surface area contributed by atoms with Gasteiger partial charge in [0.25, 0.3) is 11.5 Å². The van der Waals surface area contributed by atoms with Gasteiger partial charge in [-0.2, -0.15) is 23.0 Å². The highest BCUT2D eigenvalue weighted by Crippen LogP contribution is 2.35. The second-order valence-electron chi connectivity index (χ2n) is 6.39. The van der Waals surface area contributed by atoms with Crippen molar-refractivity contribution in [3.63, 3.8) is 0 Å². The van der Waals surface area contributed by atoms with Crippen molar-refractivity contribution in [1.29, 1.82) is 0 Å². The van der Waals surface area contributed by atoms with Crippen LogP contribution in [0.1, 0.15) is 45.0 Å². The van der Waals surface area contributed by atoms with Crippen LogP contribution >= 0.6 is 11.3 Å². The maximum atomic E-state index is 13.1. The fraction of sp³-hybridized carbons (Fsp3) is 0.222. The fourth-order valence-corrected chi connectivity index (χ4v) is 3.60. The number of nitrogens with two attached hydrogens (primary N) is 2. The van der Waals surface area contributed by atoms with E-state index in [0.717, 1.165) is 22.9 Å². The van der Waals surface area contributed by atoms with Crippen molar-refractivity contribution in [2.75, 3.05) is 5.73 Å². The SMILES string of the molecule is Cc1ncc(-n2nc(C(N)=O)c([C@H](C)c3cc(N)cc(C(F)(F)F)c3)cc2=O)s1. The highest BCUT2D eigenvalue weighted by Gasteiger charge is 2.32. The first-order chi connectivity index (χ1) is 13.5. The smallest absolute Gasteiger partial charge is 0.399 e. The first-order valence-corrected chi connectivity index (χ1v) is 9.13. The third kappa shape index (κ3) is 4.14. The Bertz CT molecular complexity index is 1150. The second kappa shape index (κ2) is 7.32. The zero-order valence-electron chi connectivity index (χ0n) is 15.3. The summed E-state index contributed by atoms with van der Waals surface area (Å²) in [6.07, 6.45) is -3.17. The standard InChI is InChI=1S/C18H16F3N5O2S/c1-8(10-3-11(18(19,20)21)5-12(22)4-10)13-6-14(27)26(25-16(13)17(23)28)15-7-24-9(2)29-15/h3-8H,22H2,1-2H3,(H2,23,28)/t8-/m1/s1. The van der Waals surface area contributed by atoms with Gasteiger partial charge in [-0.1, -0.05) is 18.3 Å². The normalized spacial score (nSPS) is 12.7. The van der Waals surface area contributed by atoms with Crippen LogP contribution < -0.4 is 17.0 Å². The summed E-state index contributed by atoms with van der Waals surface area (Å²) in [6, 6.07) is 4.23. The van der Waals surface area contributed by atoms with Crippen LogP contribution in [0, 0.1) is 6.92 Å². The van der Waals surface area contributed by atoms with E-state index in [2.05, 4.69) is 10.1 Å². The predicted molar refractivity (Wildman–Crippen MR) is 102 cm³/mol. The number of thiazole rings is 1. The zero-order chi connectivity index (χ0) is 21.5. The quantitative estimate of drug-likeness (QED) is 0.626. The minimum absolute atomic E-state index is 0.0938. The van der Waals surface area contributed by atoms with Crippen LogP contribution in [0.15, 0.2) is 35.3 Å². The number of nitrogen functional groups attached to an aromatic ring is 1. The molecule has 0 spiro atoms. The molecule has 0 aliphatic rings. The van der Waals surface area contributed by atoms with Crippen molar-refractivity contribution >= 4 is 22.9 Å². The van der Waals surface area contributed by atoms with E-state index in [4.69, 9.17) is 11.5 Å². The first-order valence-electron chi connectivity index (χ1n) is 8.32. The Morgan fingerprint density at radius 2 is 1.93 bits per heavy atom. The number of rotatable bonds is 4. The lowest BCUT2D eigenvalue weighted by Gasteiger charge is -2.18. The van der Waals surface area contributed by atoms with Gasteiger partial charge in [0.2, 0.25) is 0 Å². The number of primary amides is 1. The Labute approximate surface area is 166 Å². The van der Waals surface area contributed by atoms with E-state index in [1.54, 1.807) is 13.8 Å². The van der Waals surface area contributed by atoms with E-state index in [1.807, 2.05) is 0 Å². The van der Waals surface area contributed by atoms with Crippen LogP contribution in [0.3, 0.4) is 0 Å². The van der Waals surface area contributed by atoms with Crippen LogP contribution in [0.5, 0.6) is 0 Å². The van der Waals surface area contributed by atoms with Gasteiger partial charge < -0.3 is 11.5 Å². The molecule has 0 radical (unpaired) electrons. The summed E-state index contributed by atoms with van der Waals surface area (Å²) in [7, 11) is 0. The third-order valence-electron chi connectivity index (χ3n) is 4.28. The lowest BCUT2D eigenvalue weighted by Crippen LogP contribution is -2.28. The van der Waals surface area contributed by atoms with Crippen molar-refractivity contribution < 1.29 is 18.0 Å². The van der Waals surface area contributed by atoms with Gasteiger partial charge in [0, 0.05) is 17.7 Å². The maximum absolute atomic E-state index is 13.1. The van der Waals surface area contributed by atoms with Gasteiger partial charge in [-0.05, 0) is 36.2 Å². The van der Waals surface area contributed by atoms with E-state index in [0.29, 0.717) is 10.0 Å². The number of aromatic nitrogens is 3. The molecule has 2 heterocycles. The maximum Gasteiger partial charge on any atom is 0.416 e. The minimum atomic E-state index is -4.60. The number of benzene rings is 1. The van der Waals surface area contributed by atoms with Gasteiger partial charge in [-0.3, -0.25) is 9.59 Å². The van der Waals surface area contributed by atoms with Crippen LogP contribution in [0.4, 0.5) is 18.9 Å². The molecule has 0 aliphatic heterocycles. The Morgan fingerprint density at radius 1 is 1.24 bits per heavy atom. The molecule has 0 saturated heterocycles. The van der Waals surface area contributed by atoms with Crippen LogP contribution in [-0.2, 0) is 6.18 Å². The van der Waals surface area contributed by atoms with Gasteiger partial charge in [0.15, 0.2) is 5.69 Å². The molecular weight excluding hydrogens is 407 g/mol. The Morgan fingerprint density at radius 3 is 2.48 bits per heavy atom. The third-order valence-corrected chi connectivity index (χ3v) is 5.17. The number of carbonyl (C=O) groups excluding carboxylic acids is 1. The highest BCUT2D eigenvalue weighted by molar-refractivity contribution is 7.14. The number of hydrogen-bond acceptors (Lipinski definition) is 6. The van der Waals surface area contributed by atoms with Gasteiger partial charge in [0.05, 0.1) is 16.8 Å². The van der Waals surface area contributed by atoms with Gasteiger partial charge in [-0.15, -0.1) is 0 Å². The summed E-state index contributed by atoms with van der Waals surface area (Å²) in [4.78, 5) is 28.6. The molecule has 11 heteroatoms. The summed E-state index contributed by atoms with van der Waals surface area (Å²) in [5.74, 6) is -1.71. The van der Waals surface area contributed by atoms with Crippen molar-refractivity contribution in [3.05, 3.63) is 68.2 Å². The molecule has 1 aromatic carbocycles. The largest absolute Gasteiger partial charge is 0.416 e. The van der Waals surface area contributed by atoms with E-state index in [9.17, 15) is 22.8 Å². The van der Waals surface area contributed by atoms with E-state index in [-0.39, 0.29) is 22.5 Å². The summed E-state index contributed by atoms with van der Waals surface area (Å²) >= 11 is 1.19. The van der Waals surface area contributed by atoms with Gasteiger partial charge in [0.1, 0.15) is 5.00 Å². The molecule has 29 heavy (non-hydrogen) atoms. The molecule has 1 atom stereocenters. The van der Waals surface area contributed by atoms with Crippen molar-refractivity contribution in [2.24, 2.45) is 5.73 Å². The summed E-state index contributed by atoms with van der Waals surface area (Å²) < 4.78 is 40.4. The Hall–Kier alpha value is -3.21. The van der Waals surface area contributed by atoms with Gasteiger partial charge in [-0.25, -0.2) is 4.98 Å². The molecule has 152 valence electrons. The van der Waals surface area contributed by atoms with Crippen molar-refractivity contribution in [3.8, 4) is 5.00 Å². The molecule has 3 rings (SSSR count). The molecule has 0 aliphatic carbocycles. The molecule has 0 fully saturated rings. The second-order valence-corrected chi connectivity index (χ2v) is 7.60. The number of alkyl halides is 3. The van der Waals surface area contributed by atoms with E-state index < -0.39 is 29.1 Å². The summed E-state index contributed by atoms with van der Waals surface area (Å²) in [5, 5.41) is 5.11. The minimum Gasteiger partial charge on any atom is -0.399 e. The average Bonchev–Trinajstić information content (AvgIpc) is 3.05. The predicted octanol–water partition coefficient (Wildman–Crippen LogP) is 2.85. The fourth-order valence-electron chi connectivity index (χ4n) is 2.87. The van der Waals surface area contributed by atoms with Crippen LogP contribution in [-0.4, -0.2) is 20.7 Å². The molecule has 0 unspecified atom stereocenters. The number of halogens is 3. The average molecular weight is 423 g/mol. The van der Waals surface area contributed by atoms with Crippen molar-refractivity contribution in [2.45, 2.75) is 25.9 Å². The number of hydrogen-bond donors (Lipinski definition) is 2. The summed E-state index contributed by atoms with van der Waals surface area (Å²) in [6.45, 7) is 3.28. The van der Waals surface area contributed by atoms with E-state index >= 15 is 0 Å².